The first-order valence-electron chi connectivity index (χ1n) is 6.90. The van der Waals surface area contributed by atoms with Crippen molar-refractivity contribution < 1.29 is 4.79 Å². The van der Waals surface area contributed by atoms with E-state index in [4.69, 9.17) is 0 Å². The SMILES string of the molecule is CN1C[C@@H]2CCC[C@H]1CN(C(=O)c1c[nH]c(=O)[nH]1)C2. The Hall–Kier alpha value is -1.56. The minimum atomic E-state index is -0.324. The molecule has 6 nitrogen and oxygen atoms in total. The van der Waals surface area contributed by atoms with Gasteiger partial charge in [0.25, 0.3) is 5.91 Å². The van der Waals surface area contributed by atoms with Crippen LogP contribution in [0.2, 0.25) is 0 Å². The molecule has 0 aliphatic carbocycles. The number of imidazole rings is 1. The van der Waals surface area contributed by atoms with Gasteiger partial charge in [-0.1, -0.05) is 6.42 Å². The third kappa shape index (κ3) is 2.45. The first kappa shape index (κ1) is 12.5. The molecule has 104 valence electrons. The number of rotatable bonds is 1. The van der Waals surface area contributed by atoms with E-state index in [9.17, 15) is 9.59 Å². The molecule has 6 heteroatoms. The van der Waals surface area contributed by atoms with Gasteiger partial charge in [0, 0.05) is 31.9 Å². The van der Waals surface area contributed by atoms with Gasteiger partial charge >= 0.3 is 5.69 Å². The van der Waals surface area contributed by atoms with Crippen LogP contribution in [0.1, 0.15) is 29.8 Å². The normalized spacial score (nSPS) is 28.2. The summed E-state index contributed by atoms with van der Waals surface area (Å²) in [6.45, 7) is 2.63. The quantitative estimate of drug-likeness (QED) is 0.764. The number of nitrogens with one attached hydrogen (secondary N) is 2. The van der Waals surface area contributed by atoms with Gasteiger partial charge in [-0.15, -0.1) is 0 Å². The van der Waals surface area contributed by atoms with Crippen molar-refractivity contribution in [2.24, 2.45) is 5.92 Å². The molecular weight excluding hydrogens is 244 g/mol. The van der Waals surface area contributed by atoms with Crippen molar-refractivity contribution >= 4 is 5.91 Å². The molecular formula is C13H20N4O2. The molecule has 2 saturated heterocycles. The first-order valence-corrected chi connectivity index (χ1v) is 6.90. The minimum absolute atomic E-state index is 0.0643. The van der Waals surface area contributed by atoms with Crippen LogP contribution in [-0.2, 0) is 0 Å². The number of likely N-dealkylation sites (tertiary alicyclic amines) is 1. The number of fused-ring (bicyclic) bond motifs is 3. The lowest BCUT2D eigenvalue weighted by Crippen LogP contribution is -2.42. The van der Waals surface area contributed by atoms with Crippen LogP contribution in [0.4, 0.5) is 0 Å². The van der Waals surface area contributed by atoms with Gasteiger partial charge in [0.2, 0.25) is 0 Å². The standard InChI is InChI=1S/C13H20N4O2/c1-16-6-9-3-2-4-10(16)8-17(7-9)12(18)11-5-14-13(19)15-11/h5,9-10H,2-4,6-8H2,1H3,(H2,14,15,19)/t9-,10-/m0/s1. The maximum absolute atomic E-state index is 12.4. The molecule has 3 rings (SSSR count). The molecule has 3 heterocycles. The van der Waals surface area contributed by atoms with E-state index in [-0.39, 0.29) is 11.6 Å². The summed E-state index contributed by atoms with van der Waals surface area (Å²) < 4.78 is 0. The number of likely N-dealkylation sites (N-methyl/N-ethyl adjacent to an activating group) is 1. The molecule has 1 aromatic heterocycles. The number of amides is 1. The molecule has 2 aliphatic heterocycles. The predicted molar refractivity (Wildman–Crippen MR) is 71.1 cm³/mol. The van der Waals surface area contributed by atoms with E-state index in [1.54, 1.807) is 0 Å². The van der Waals surface area contributed by atoms with Crippen molar-refractivity contribution in [3.8, 4) is 0 Å². The summed E-state index contributed by atoms with van der Waals surface area (Å²) in [5, 5.41) is 0. The molecule has 0 aromatic carbocycles. The fourth-order valence-corrected chi connectivity index (χ4v) is 3.31. The Labute approximate surface area is 111 Å². The van der Waals surface area contributed by atoms with Crippen molar-refractivity contribution in [1.29, 1.82) is 0 Å². The fourth-order valence-electron chi connectivity index (χ4n) is 3.31. The largest absolute Gasteiger partial charge is 0.335 e. The average molecular weight is 264 g/mol. The molecule has 0 radical (unpaired) electrons. The second-order valence-corrected chi connectivity index (χ2v) is 5.76. The fraction of sp³-hybridized carbons (Fsp3) is 0.692. The van der Waals surface area contributed by atoms with E-state index in [0.29, 0.717) is 17.7 Å². The molecule has 19 heavy (non-hydrogen) atoms. The number of hydrogen-bond acceptors (Lipinski definition) is 3. The van der Waals surface area contributed by atoms with E-state index in [1.165, 1.54) is 19.0 Å². The maximum Gasteiger partial charge on any atom is 0.323 e. The lowest BCUT2D eigenvalue weighted by atomic mass is 9.99. The van der Waals surface area contributed by atoms with Gasteiger partial charge in [0.1, 0.15) is 5.69 Å². The highest BCUT2D eigenvalue weighted by atomic mass is 16.2. The minimum Gasteiger partial charge on any atom is -0.335 e. The summed E-state index contributed by atoms with van der Waals surface area (Å²) in [5.74, 6) is 0.484. The van der Waals surface area contributed by atoms with E-state index in [1.807, 2.05) is 4.90 Å². The third-order valence-corrected chi connectivity index (χ3v) is 4.34. The highest BCUT2D eigenvalue weighted by Gasteiger charge is 2.33. The Morgan fingerprint density at radius 3 is 2.89 bits per heavy atom. The van der Waals surface area contributed by atoms with Crippen molar-refractivity contribution in [3.05, 3.63) is 22.4 Å². The van der Waals surface area contributed by atoms with E-state index >= 15 is 0 Å². The van der Waals surface area contributed by atoms with Gasteiger partial charge in [-0.25, -0.2) is 4.79 Å². The summed E-state index contributed by atoms with van der Waals surface area (Å²) in [6, 6.07) is 0.446. The maximum atomic E-state index is 12.4. The molecule has 1 amide bonds. The number of aromatic amines is 2. The van der Waals surface area contributed by atoms with Gasteiger partial charge in [-0.05, 0) is 25.8 Å². The molecule has 2 N–H and O–H groups in total. The second kappa shape index (κ2) is 4.85. The number of carbonyl (C=O) groups excluding carboxylic acids is 1. The number of aromatic nitrogens is 2. The van der Waals surface area contributed by atoms with Crippen LogP contribution in [0, 0.1) is 5.92 Å². The van der Waals surface area contributed by atoms with Gasteiger partial charge < -0.3 is 19.8 Å². The van der Waals surface area contributed by atoms with Gasteiger partial charge in [0.15, 0.2) is 0 Å². The molecule has 1 aromatic rings. The van der Waals surface area contributed by atoms with Crippen LogP contribution < -0.4 is 5.69 Å². The van der Waals surface area contributed by atoms with E-state index in [0.717, 1.165) is 26.1 Å². The van der Waals surface area contributed by atoms with Crippen LogP contribution in [0.3, 0.4) is 0 Å². The summed E-state index contributed by atoms with van der Waals surface area (Å²) in [4.78, 5) is 32.9. The molecule has 2 bridgehead atoms. The number of carbonyl (C=O) groups is 1. The first-order chi connectivity index (χ1) is 9.13. The van der Waals surface area contributed by atoms with Crippen LogP contribution in [-0.4, -0.2) is 58.4 Å². The van der Waals surface area contributed by atoms with Crippen LogP contribution in [0.5, 0.6) is 0 Å². The Bertz CT molecular complexity index is 521. The van der Waals surface area contributed by atoms with Crippen LogP contribution in [0.25, 0.3) is 0 Å². The summed E-state index contributed by atoms with van der Waals surface area (Å²) in [7, 11) is 2.15. The van der Waals surface area contributed by atoms with Crippen molar-refractivity contribution in [2.45, 2.75) is 25.3 Å². The highest BCUT2D eigenvalue weighted by Crippen LogP contribution is 2.26. The average Bonchev–Trinajstić information content (AvgIpc) is 2.62. The number of hydrogen-bond donors (Lipinski definition) is 2. The zero-order valence-corrected chi connectivity index (χ0v) is 11.2. The Kier molecular flexibility index (Phi) is 3.18. The lowest BCUT2D eigenvalue weighted by Gasteiger charge is -2.29. The Morgan fingerprint density at radius 2 is 2.16 bits per heavy atom. The molecule has 2 aliphatic rings. The zero-order chi connectivity index (χ0) is 13.4. The van der Waals surface area contributed by atoms with Crippen molar-refractivity contribution in [2.75, 3.05) is 26.7 Å². The Morgan fingerprint density at radius 1 is 1.32 bits per heavy atom. The topological polar surface area (TPSA) is 72.2 Å². The predicted octanol–water partition coefficient (Wildman–Crippen LogP) is 0.259. The zero-order valence-electron chi connectivity index (χ0n) is 11.2. The molecule has 0 saturated carbocycles. The summed E-state index contributed by atoms with van der Waals surface area (Å²) >= 11 is 0. The van der Waals surface area contributed by atoms with Gasteiger partial charge in [-0.3, -0.25) is 4.79 Å². The van der Waals surface area contributed by atoms with Crippen LogP contribution in [0.15, 0.2) is 11.0 Å². The van der Waals surface area contributed by atoms with Crippen LogP contribution >= 0.6 is 0 Å². The Balaban J connectivity index is 1.81. The molecule has 2 fully saturated rings. The van der Waals surface area contributed by atoms with E-state index in [2.05, 4.69) is 21.9 Å². The van der Waals surface area contributed by atoms with Crippen molar-refractivity contribution in [3.63, 3.8) is 0 Å². The van der Waals surface area contributed by atoms with Crippen molar-refractivity contribution in [1.82, 2.24) is 19.8 Å². The molecule has 0 spiro atoms. The monoisotopic (exact) mass is 264 g/mol. The molecule has 2 atom stereocenters. The van der Waals surface area contributed by atoms with Gasteiger partial charge in [-0.2, -0.15) is 0 Å². The highest BCUT2D eigenvalue weighted by molar-refractivity contribution is 5.92. The molecule has 0 unspecified atom stereocenters. The second-order valence-electron chi connectivity index (χ2n) is 5.76. The van der Waals surface area contributed by atoms with E-state index < -0.39 is 0 Å². The number of nitrogens with zero attached hydrogens (tertiary/aromatic N) is 2. The smallest absolute Gasteiger partial charge is 0.323 e. The summed E-state index contributed by atoms with van der Waals surface area (Å²) in [5.41, 5.74) is 0.0445. The lowest BCUT2D eigenvalue weighted by molar-refractivity contribution is 0.0705. The van der Waals surface area contributed by atoms with Gasteiger partial charge in [0.05, 0.1) is 0 Å². The summed E-state index contributed by atoms with van der Waals surface area (Å²) in [6.07, 6.45) is 5.06. The number of H-pyrrole nitrogens is 2. The third-order valence-electron chi connectivity index (χ3n) is 4.34.